The minimum Gasteiger partial charge on any atom is -0.545 e. The SMILES string of the molecule is O.O=C([O-])/C=C1\CCCc2ccccc2C1O.[Na+]. The van der Waals surface area contributed by atoms with Crippen molar-refractivity contribution in [3.63, 3.8) is 0 Å². The van der Waals surface area contributed by atoms with E-state index in [9.17, 15) is 15.0 Å². The van der Waals surface area contributed by atoms with E-state index >= 15 is 0 Å². The van der Waals surface area contributed by atoms with Crippen molar-refractivity contribution in [1.82, 2.24) is 0 Å². The van der Waals surface area contributed by atoms with Crippen molar-refractivity contribution >= 4 is 5.97 Å². The van der Waals surface area contributed by atoms with Crippen molar-refractivity contribution < 1.29 is 50.0 Å². The van der Waals surface area contributed by atoms with Gasteiger partial charge in [0.25, 0.3) is 0 Å². The number of aryl methyl sites for hydroxylation is 1. The van der Waals surface area contributed by atoms with E-state index in [4.69, 9.17) is 0 Å². The predicted molar refractivity (Wildman–Crippen MR) is 61.0 cm³/mol. The Balaban J connectivity index is 0.00000144. The Kier molecular flexibility index (Phi) is 7.43. The first kappa shape index (κ1) is 17.4. The van der Waals surface area contributed by atoms with Gasteiger partial charge in [-0.2, -0.15) is 0 Å². The minimum atomic E-state index is -1.24. The van der Waals surface area contributed by atoms with Gasteiger partial charge in [0, 0.05) is 0 Å². The molecule has 1 aliphatic rings. The number of carbonyl (C=O) groups excluding carboxylic acids is 1. The maximum Gasteiger partial charge on any atom is 1.00 e. The largest absolute Gasteiger partial charge is 1.00 e. The summed E-state index contributed by atoms with van der Waals surface area (Å²) in [4.78, 5) is 10.5. The monoisotopic (exact) mass is 258 g/mol. The number of carboxylic acid groups (broad SMARTS) is 1. The normalized spacial score (nSPS) is 20.1. The van der Waals surface area contributed by atoms with Crippen molar-refractivity contribution in [3.05, 3.63) is 47.0 Å². The molecule has 4 nitrogen and oxygen atoms in total. The quantitative estimate of drug-likeness (QED) is 0.329. The van der Waals surface area contributed by atoms with Gasteiger partial charge in [0.2, 0.25) is 0 Å². The number of aliphatic carboxylic acids is 1. The summed E-state index contributed by atoms with van der Waals surface area (Å²) in [6, 6.07) is 7.60. The molecule has 0 saturated carbocycles. The van der Waals surface area contributed by atoms with Crippen LogP contribution >= 0.6 is 0 Å². The molecule has 5 heteroatoms. The standard InChI is InChI=1S/C13H14O3.Na.H2O/c14-12(15)8-10-6-3-5-9-4-1-2-7-11(9)13(10)16;;/h1-2,4,7-8,13,16H,3,5-6H2,(H,14,15);;1H2/q;+1;/p-1/b10-8+;;. The van der Waals surface area contributed by atoms with Crippen LogP contribution in [0.2, 0.25) is 0 Å². The molecular weight excluding hydrogens is 243 g/mol. The molecule has 3 N–H and O–H groups in total. The van der Waals surface area contributed by atoms with E-state index < -0.39 is 12.1 Å². The van der Waals surface area contributed by atoms with E-state index in [2.05, 4.69) is 0 Å². The van der Waals surface area contributed by atoms with Crippen LogP contribution in [-0.2, 0) is 11.2 Å². The first-order valence-electron chi connectivity index (χ1n) is 5.36. The first-order chi connectivity index (χ1) is 7.68. The number of hydrogen-bond donors (Lipinski definition) is 1. The van der Waals surface area contributed by atoms with Gasteiger partial charge in [-0.25, -0.2) is 0 Å². The molecule has 0 aliphatic heterocycles. The number of benzene rings is 1. The van der Waals surface area contributed by atoms with Crippen LogP contribution in [0.15, 0.2) is 35.9 Å². The molecule has 0 radical (unpaired) electrons. The van der Waals surface area contributed by atoms with Gasteiger partial charge >= 0.3 is 29.6 Å². The number of aliphatic hydroxyl groups is 1. The number of carbonyl (C=O) groups is 1. The third-order valence-corrected chi connectivity index (χ3v) is 2.92. The molecule has 2 rings (SSSR count). The van der Waals surface area contributed by atoms with Crippen molar-refractivity contribution in [2.75, 3.05) is 0 Å². The van der Waals surface area contributed by atoms with Crippen LogP contribution in [0.25, 0.3) is 0 Å². The molecule has 1 aromatic rings. The predicted octanol–water partition coefficient (Wildman–Crippen LogP) is -3.09. The number of fused-ring (bicyclic) bond motifs is 1. The zero-order valence-electron chi connectivity index (χ0n) is 10.3. The van der Waals surface area contributed by atoms with Gasteiger partial charge < -0.3 is 20.5 Å². The summed E-state index contributed by atoms with van der Waals surface area (Å²) in [5.41, 5.74) is 2.44. The van der Waals surface area contributed by atoms with Gasteiger partial charge in [0.15, 0.2) is 0 Å². The van der Waals surface area contributed by atoms with Crippen LogP contribution in [0.3, 0.4) is 0 Å². The maximum absolute atomic E-state index is 10.5. The van der Waals surface area contributed by atoms with Crippen molar-refractivity contribution in [2.45, 2.75) is 25.4 Å². The molecule has 0 spiro atoms. The van der Waals surface area contributed by atoms with E-state index in [1.54, 1.807) is 0 Å². The summed E-state index contributed by atoms with van der Waals surface area (Å²) in [6.45, 7) is 0. The number of rotatable bonds is 1. The molecule has 1 aliphatic carbocycles. The van der Waals surface area contributed by atoms with Gasteiger partial charge in [0.1, 0.15) is 6.10 Å². The van der Waals surface area contributed by atoms with Crippen LogP contribution in [0, 0.1) is 0 Å². The number of carboxylic acids is 1. The summed E-state index contributed by atoms with van der Waals surface area (Å²) in [5, 5.41) is 20.6. The van der Waals surface area contributed by atoms with E-state index in [0.29, 0.717) is 12.0 Å². The molecule has 1 aromatic carbocycles. The van der Waals surface area contributed by atoms with Crippen LogP contribution < -0.4 is 34.7 Å². The Bertz CT molecular complexity index is 442. The molecule has 0 heterocycles. The van der Waals surface area contributed by atoms with Gasteiger partial charge in [0.05, 0.1) is 5.97 Å². The van der Waals surface area contributed by atoms with Crippen LogP contribution in [0.1, 0.15) is 30.1 Å². The van der Waals surface area contributed by atoms with E-state index in [1.165, 1.54) is 0 Å². The van der Waals surface area contributed by atoms with Crippen molar-refractivity contribution in [2.24, 2.45) is 0 Å². The van der Waals surface area contributed by atoms with Gasteiger partial charge in [-0.3, -0.25) is 0 Å². The Hall–Kier alpha value is -0.650. The van der Waals surface area contributed by atoms with E-state index in [0.717, 1.165) is 30.0 Å². The molecule has 0 bridgehead atoms. The number of aliphatic hydroxyl groups excluding tert-OH is 1. The Morgan fingerprint density at radius 3 is 2.67 bits per heavy atom. The van der Waals surface area contributed by atoms with Gasteiger partial charge in [-0.05, 0) is 42.0 Å². The first-order valence-corrected chi connectivity index (χ1v) is 5.36. The third kappa shape index (κ3) is 3.93. The van der Waals surface area contributed by atoms with Gasteiger partial charge in [-0.1, -0.05) is 24.3 Å². The Morgan fingerprint density at radius 2 is 2.00 bits per heavy atom. The minimum absolute atomic E-state index is 0. The van der Waals surface area contributed by atoms with Crippen LogP contribution in [-0.4, -0.2) is 16.6 Å². The Morgan fingerprint density at radius 1 is 1.33 bits per heavy atom. The fraction of sp³-hybridized carbons (Fsp3) is 0.308. The summed E-state index contributed by atoms with van der Waals surface area (Å²) in [6.07, 6.45) is 2.54. The zero-order chi connectivity index (χ0) is 11.5. The third-order valence-electron chi connectivity index (χ3n) is 2.92. The zero-order valence-corrected chi connectivity index (χ0v) is 12.3. The molecule has 0 amide bonds. The average molecular weight is 258 g/mol. The van der Waals surface area contributed by atoms with Crippen molar-refractivity contribution in [3.8, 4) is 0 Å². The second kappa shape index (κ2) is 7.71. The second-order valence-electron chi connectivity index (χ2n) is 3.99. The fourth-order valence-electron chi connectivity index (χ4n) is 2.15. The Labute approximate surface area is 128 Å². The van der Waals surface area contributed by atoms with Gasteiger partial charge in [-0.15, -0.1) is 0 Å². The van der Waals surface area contributed by atoms with E-state index in [1.807, 2.05) is 24.3 Å². The van der Waals surface area contributed by atoms with E-state index in [-0.39, 0.29) is 35.0 Å². The molecule has 1 unspecified atom stereocenters. The summed E-state index contributed by atoms with van der Waals surface area (Å²) in [7, 11) is 0. The summed E-state index contributed by atoms with van der Waals surface area (Å²) in [5.74, 6) is -1.24. The molecule has 1 atom stereocenters. The number of hydrogen-bond acceptors (Lipinski definition) is 3. The van der Waals surface area contributed by atoms with Crippen molar-refractivity contribution in [1.29, 1.82) is 0 Å². The summed E-state index contributed by atoms with van der Waals surface area (Å²) >= 11 is 0. The molecule has 0 aromatic heterocycles. The van der Waals surface area contributed by atoms with Crippen LogP contribution in [0.5, 0.6) is 0 Å². The molecular formula is C13H15NaO4. The molecule has 92 valence electrons. The topological polar surface area (TPSA) is 91.9 Å². The molecule has 0 saturated heterocycles. The maximum atomic E-state index is 10.5. The average Bonchev–Trinajstić information content (AvgIpc) is 2.40. The molecule has 18 heavy (non-hydrogen) atoms. The second-order valence-corrected chi connectivity index (χ2v) is 3.99. The smallest absolute Gasteiger partial charge is 0.545 e. The summed E-state index contributed by atoms with van der Waals surface area (Å²) < 4.78 is 0. The fourth-order valence-corrected chi connectivity index (χ4v) is 2.15. The molecule has 0 fully saturated rings. The van der Waals surface area contributed by atoms with Crippen LogP contribution in [0.4, 0.5) is 0 Å².